The number of nitrogens with one attached hydrogen (secondary N) is 2. The molecule has 150 valence electrons. The van der Waals surface area contributed by atoms with Gasteiger partial charge in [-0.3, -0.25) is 9.78 Å². The van der Waals surface area contributed by atoms with E-state index in [1.807, 2.05) is 32.3 Å². The Morgan fingerprint density at radius 3 is 2.93 bits per heavy atom. The Bertz CT molecular complexity index is 1050. The molecule has 0 saturated carbocycles. The van der Waals surface area contributed by atoms with E-state index in [1.54, 1.807) is 7.05 Å². The Morgan fingerprint density at radius 2 is 2.10 bits per heavy atom. The zero-order valence-corrected chi connectivity index (χ0v) is 17.1. The summed E-state index contributed by atoms with van der Waals surface area (Å²) in [6.07, 6.45) is 4.79. The molecule has 1 aliphatic rings. The minimum Gasteiger partial charge on any atom is -0.355 e. The molecule has 1 atom stereocenters. The Labute approximate surface area is 170 Å². The van der Waals surface area contributed by atoms with Crippen molar-refractivity contribution >= 4 is 22.5 Å². The molecule has 1 saturated heterocycles. The quantitative estimate of drug-likeness (QED) is 0.696. The predicted molar refractivity (Wildman–Crippen MR) is 114 cm³/mol. The summed E-state index contributed by atoms with van der Waals surface area (Å²) in [5.74, 6) is 0.827. The van der Waals surface area contributed by atoms with Crippen molar-refractivity contribution in [3.8, 4) is 0 Å². The second-order valence-corrected chi connectivity index (χ2v) is 7.49. The first-order valence-electron chi connectivity index (χ1n) is 9.94. The molecule has 0 aliphatic carbocycles. The van der Waals surface area contributed by atoms with Crippen molar-refractivity contribution in [2.75, 3.05) is 25.0 Å². The van der Waals surface area contributed by atoms with Gasteiger partial charge in [-0.15, -0.1) is 0 Å². The molecule has 0 bridgehead atoms. The molecule has 3 aromatic rings. The van der Waals surface area contributed by atoms with Gasteiger partial charge in [0.15, 0.2) is 0 Å². The number of benzene rings is 1. The molecular weight excluding hydrogens is 364 g/mol. The number of hydrogen-bond acceptors (Lipinski definition) is 6. The Kier molecular flexibility index (Phi) is 5.40. The molecule has 4 rings (SSSR count). The van der Waals surface area contributed by atoms with Crippen molar-refractivity contribution in [2.24, 2.45) is 0 Å². The molecule has 29 heavy (non-hydrogen) atoms. The first-order chi connectivity index (χ1) is 14.1. The SMILES string of the molecule is CNC(=O)c1nc(C)c(C)c(N2CC[C@@H](NCc3cccc4ccncc34)C2)n1. The average Bonchev–Trinajstić information content (AvgIpc) is 3.22. The van der Waals surface area contributed by atoms with E-state index in [-0.39, 0.29) is 11.7 Å². The van der Waals surface area contributed by atoms with E-state index in [0.29, 0.717) is 6.04 Å². The van der Waals surface area contributed by atoms with Gasteiger partial charge in [0.1, 0.15) is 5.82 Å². The van der Waals surface area contributed by atoms with E-state index in [4.69, 9.17) is 0 Å². The van der Waals surface area contributed by atoms with Gasteiger partial charge in [-0.2, -0.15) is 0 Å². The van der Waals surface area contributed by atoms with Crippen LogP contribution < -0.4 is 15.5 Å². The number of fused-ring (bicyclic) bond motifs is 1. The van der Waals surface area contributed by atoms with Crippen molar-refractivity contribution in [1.29, 1.82) is 0 Å². The van der Waals surface area contributed by atoms with Crippen molar-refractivity contribution in [2.45, 2.75) is 32.9 Å². The number of nitrogens with zero attached hydrogens (tertiary/aromatic N) is 4. The molecule has 1 aliphatic heterocycles. The Morgan fingerprint density at radius 1 is 1.24 bits per heavy atom. The molecule has 7 nitrogen and oxygen atoms in total. The van der Waals surface area contributed by atoms with Gasteiger partial charge in [-0.05, 0) is 37.3 Å². The van der Waals surface area contributed by atoms with Gasteiger partial charge < -0.3 is 15.5 Å². The first-order valence-corrected chi connectivity index (χ1v) is 9.94. The molecule has 3 heterocycles. The van der Waals surface area contributed by atoms with E-state index in [2.05, 4.69) is 48.7 Å². The summed E-state index contributed by atoms with van der Waals surface area (Å²) < 4.78 is 0. The molecule has 7 heteroatoms. The summed E-state index contributed by atoms with van der Waals surface area (Å²) >= 11 is 0. The van der Waals surface area contributed by atoms with Gasteiger partial charge in [0.2, 0.25) is 5.82 Å². The number of carbonyl (C=O) groups excluding carboxylic acids is 1. The monoisotopic (exact) mass is 390 g/mol. The van der Waals surface area contributed by atoms with Gasteiger partial charge in [-0.25, -0.2) is 9.97 Å². The maximum absolute atomic E-state index is 12.0. The Hall–Kier alpha value is -3.06. The molecule has 1 fully saturated rings. The van der Waals surface area contributed by atoms with Crippen LogP contribution in [0.3, 0.4) is 0 Å². The van der Waals surface area contributed by atoms with Gasteiger partial charge in [0.25, 0.3) is 5.91 Å². The van der Waals surface area contributed by atoms with E-state index in [0.717, 1.165) is 43.1 Å². The van der Waals surface area contributed by atoms with Crippen LogP contribution in [0.5, 0.6) is 0 Å². The molecule has 0 spiro atoms. The van der Waals surface area contributed by atoms with Crippen LogP contribution in [0.25, 0.3) is 10.8 Å². The zero-order chi connectivity index (χ0) is 20.4. The van der Waals surface area contributed by atoms with Crippen molar-refractivity contribution in [1.82, 2.24) is 25.6 Å². The van der Waals surface area contributed by atoms with Crippen LogP contribution in [0.2, 0.25) is 0 Å². The normalized spacial score (nSPS) is 16.4. The summed E-state index contributed by atoms with van der Waals surface area (Å²) in [5.41, 5.74) is 3.12. The minimum absolute atomic E-state index is 0.227. The van der Waals surface area contributed by atoms with E-state index >= 15 is 0 Å². The summed E-state index contributed by atoms with van der Waals surface area (Å²) in [4.78, 5) is 27.4. The van der Waals surface area contributed by atoms with Gasteiger partial charge >= 0.3 is 0 Å². The smallest absolute Gasteiger partial charge is 0.288 e. The standard InChI is InChI=1S/C22H26N6O/c1-14-15(2)26-20(22(29)23-3)27-21(14)28-10-8-18(13-28)25-11-17-6-4-5-16-7-9-24-12-19(16)17/h4-7,9,12,18,25H,8,10-11,13H2,1-3H3,(H,23,29)/t18-/m1/s1. The number of aryl methyl sites for hydroxylation is 1. The fourth-order valence-corrected chi connectivity index (χ4v) is 3.84. The van der Waals surface area contributed by atoms with Gasteiger partial charge in [0.05, 0.1) is 0 Å². The fourth-order valence-electron chi connectivity index (χ4n) is 3.84. The van der Waals surface area contributed by atoms with Crippen LogP contribution in [0, 0.1) is 13.8 Å². The number of hydrogen-bond donors (Lipinski definition) is 2. The highest BCUT2D eigenvalue weighted by Crippen LogP contribution is 2.24. The van der Waals surface area contributed by atoms with Gasteiger partial charge in [0, 0.05) is 61.8 Å². The maximum Gasteiger partial charge on any atom is 0.288 e. The van der Waals surface area contributed by atoms with Crippen LogP contribution in [0.4, 0.5) is 5.82 Å². The molecule has 0 radical (unpaired) electrons. The third kappa shape index (κ3) is 3.91. The molecule has 2 N–H and O–H groups in total. The number of rotatable bonds is 5. The molecule has 0 unspecified atom stereocenters. The Balaban J connectivity index is 1.47. The lowest BCUT2D eigenvalue weighted by Gasteiger charge is -2.21. The summed E-state index contributed by atoms with van der Waals surface area (Å²) in [5, 5.41) is 8.69. The third-order valence-electron chi connectivity index (χ3n) is 5.64. The number of amides is 1. The van der Waals surface area contributed by atoms with E-state index in [1.165, 1.54) is 16.3 Å². The molecular formula is C22H26N6O. The topological polar surface area (TPSA) is 83.0 Å². The highest BCUT2D eigenvalue weighted by molar-refractivity contribution is 5.90. The van der Waals surface area contributed by atoms with Gasteiger partial charge in [-0.1, -0.05) is 18.2 Å². The summed E-state index contributed by atoms with van der Waals surface area (Å²) in [7, 11) is 1.60. The average molecular weight is 390 g/mol. The van der Waals surface area contributed by atoms with E-state index < -0.39 is 0 Å². The van der Waals surface area contributed by atoms with Crippen molar-refractivity contribution < 1.29 is 4.79 Å². The number of aromatic nitrogens is 3. The zero-order valence-electron chi connectivity index (χ0n) is 17.1. The van der Waals surface area contributed by atoms with Crippen LogP contribution in [-0.4, -0.2) is 47.0 Å². The second kappa shape index (κ2) is 8.13. The van der Waals surface area contributed by atoms with Crippen molar-refractivity contribution in [3.05, 3.63) is 59.3 Å². The van der Waals surface area contributed by atoms with Crippen molar-refractivity contribution in [3.63, 3.8) is 0 Å². The van der Waals surface area contributed by atoms with Crippen LogP contribution in [0.15, 0.2) is 36.7 Å². The fraction of sp³-hybridized carbons (Fsp3) is 0.364. The first kappa shape index (κ1) is 19.3. The third-order valence-corrected chi connectivity index (χ3v) is 5.64. The summed E-state index contributed by atoms with van der Waals surface area (Å²) in [6, 6.07) is 8.76. The van der Waals surface area contributed by atoms with E-state index in [9.17, 15) is 4.79 Å². The lowest BCUT2D eigenvalue weighted by molar-refractivity contribution is 0.0952. The number of pyridine rings is 1. The molecule has 1 aromatic carbocycles. The highest BCUT2D eigenvalue weighted by atomic mass is 16.2. The lowest BCUT2D eigenvalue weighted by Crippen LogP contribution is -2.33. The lowest BCUT2D eigenvalue weighted by atomic mass is 10.1. The number of carbonyl (C=O) groups is 1. The largest absolute Gasteiger partial charge is 0.355 e. The second-order valence-electron chi connectivity index (χ2n) is 7.49. The minimum atomic E-state index is -0.257. The molecule has 1 amide bonds. The summed E-state index contributed by atoms with van der Waals surface area (Å²) in [6.45, 7) is 6.50. The predicted octanol–water partition coefficient (Wildman–Crippen LogP) is 2.37. The highest BCUT2D eigenvalue weighted by Gasteiger charge is 2.26. The molecule has 2 aromatic heterocycles. The maximum atomic E-state index is 12.0. The van der Waals surface area contributed by atoms with Crippen LogP contribution >= 0.6 is 0 Å². The van der Waals surface area contributed by atoms with Crippen LogP contribution in [-0.2, 0) is 6.54 Å². The number of anilines is 1. The van der Waals surface area contributed by atoms with Crippen LogP contribution in [0.1, 0.15) is 33.9 Å².